The van der Waals surface area contributed by atoms with Crippen molar-refractivity contribution in [2.24, 2.45) is 4.99 Å². The monoisotopic (exact) mass is 177 g/mol. The number of nitrogens with zero attached hydrogens (tertiary/aromatic N) is 3. The third-order valence-corrected chi connectivity index (χ3v) is 1.33. The Hall–Kier alpha value is -1.71. The van der Waals surface area contributed by atoms with Gasteiger partial charge in [-0.15, -0.1) is 0 Å². The zero-order chi connectivity index (χ0) is 9.68. The molecule has 0 N–H and O–H groups in total. The summed E-state index contributed by atoms with van der Waals surface area (Å²) >= 11 is 0. The van der Waals surface area contributed by atoms with Crippen molar-refractivity contribution in [3.63, 3.8) is 0 Å². The molecule has 0 spiro atoms. The van der Waals surface area contributed by atoms with E-state index in [9.17, 15) is 4.79 Å². The van der Waals surface area contributed by atoms with Gasteiger partial charge in [-0.2, -0.15) is 4.99 Å². The molecule has 4 heteroatoms. The van der Waals surface area contributed by atoms with Crippen LogP contribution in [0.4, 0.5) is 0 Å². The number of pyridine rings is 1. The van der Waals surface area contributed by atoms with Crippen LogP contribution in [-0.4, -0.2) is 36.2 Å². The van der Waals surface area contributed by atoms with Crippen molar-refractivity contribution in [2.45, 2.75) is 0 Å². The van der Waals surface area contributed by atoms with E-state index in [-0.39, 0.29) is 5.91 Å². The lowest BCUT2D eigenvalue weighted by Crippen LogP contribution is -2.09. The lowest BCUT2D eigenvalue weighted by atomic mass is 10.3. The Bertz CT molecular complexity index is 306. The minimum atomic E-state index is -0.254. The Balaban J connectivity index is 2.70. The fourth-order valence-corrected chi connectivity index (χ4v) is 0.737. The van der Waals surface area contributed by atoms with Crippen LogP contribution >= 0.6 is 0 Å². The number of hydrogen-bond acceptors (Lipinski definition) is 2. The third-order valence-electron chi connectivity index (χ3n) is 1.33. The standard InChI is InChI=1S/C9H11N3O/c1-12(2)7-11-9(13)8-3-5-10-6-4-8/h3-7H,1-2H3/b11-7-. The summed E-state index contributed by atoms with van der Waals surface area (Å²) in [5, 5.41) is 0. The fraction of sp³-hybridized carbons (Fsp3) is 0.222. The highest BCUT2D eigenvalue weighted by molar-refractivity contribution is 5.98. The summed E-state index contributed by atoms with van der Waals surface area (Å²) in [5.74, 6) is -0.254. The summed E-state index contributed by atoms with van der Waals surface area (Å²) in [4.78, 5) is 20.5. The lowest BCUT2D eigenvalue weighted by molar-refractivity contribution is 0.100. The molecule has 0 saturated heterocycles. The first-order chi connectivity index (χ1) is 6.20. The molecule has 0 atom stereocenters. The van der Waals surface area contributed by atoms with Crippen molar-refractivity contribution in [1.29, 1.82) is 0 Å². The normalized spacial score (nSPS) is 10.3. The smallest absolute Gasteiger partial charge is 0.278 e. The molecule has 1 amide bonds. The average Bonchev–Trinajstić information content (AvgIpc) is 2.15. The molecule has 1 rings (SSSR count). The van der Waals surface area contributed by atoms with Crippen molar-refractivity contribution in [3.8, 4) is 0 Å². The number of rotatable bonds is 2. The van der Waals surface area contributed by atoms with Gasteiger partial charge in [-0.3, -0.25) is 9.78 Å². The summed E-state index contributed by atoms with van der Waals surface area (Å²) < 4.78 is 0. The van der Waals surface area contributed by atoms with E-state index in [1.165, 1.54) is 6.34 Å². The highest BCUT2D eigenvalue weighted by Crippen LogP contribution is 1.97. The van der Waals surface area contributed by atoms with Crippen LogP contribution in [0.3, 0.4) is 0 Å². The Labute approximate surface area is 76.9 Å². The Morgan fingerprint density at radius 1 is 1.46 bits per heavy atom. The van der Waals surface area contributed by atoms with Gasteiger partial charge < -0.3 is 4.90 Å². The van der Waals surface area contributed by atoms with Gasteiger partial charge in [-0.05, 0) is 12.1 Å². The Morgan fingerprint density at radius 3 is 2.62 bits per heavy atom. The first-order valence-corrected chi connectivity index (χ1v) is 3.85. The molecule has 0 aliphatic carbocycles. The van der Waals surface area contributed by atoms with Gasteiger partial charge in [0.2, 0.25) is 0 Å². The maximum atomic E-state index is 11.3. The van der Waals surface area contributed by atoms with Crippen molar-refractivity contribution in [1.82, 2.24) is 9.88 Å². The van der Waals surface area contributed by atoms with Crippen LogP contribution in [0.1, 0.15) is 10.4 Å². The van der Waals surface area contributed by atoms with Gasteiger partial charge in [0.1, 0.15) is 0 Å². The van der Waals surface area contributed by atoms with Gasteiger partial charge in [0.05, 0.1) is 6.34 Å². The molecule has 1 aromatic rings. The summed E-state index contributed by atoms with van der Waals surface area (Å²) in [6.07, 6.45) is 4.61. The van der Waals surface area contributed by atoms with Gasteiger partial charge in [0.25, 0.3) is 5.91 Å². The second kappa shape index (κ2) is 4.35. The number of aliphatic imine (C=N–C) groups is 1. The van der Waals surface area contributed by atoms with Crippen LogP contribution in [0.5, 0.6) is 0 Å². The Morgan fingerprint density at radius 2 is 2.08 bits per heavy atom. The maximum Gasteiger partial charge on any atom is 0.278 e. The van der Waals surface area contributed by atoms with Gasteiger partial charge in [-0.1, -0.05) is 0 Å². The molecule has 0 aliphatic rings. The number of carbonyl (C=O) groups is 1. The highest BCUT2D eigenvalue weighted by atomic mass is 16.1. The van der Waals surface area contributed by atoms with E-state index >= 15 is 0 Å². The topological polar surface area (TPSA) is 45.6 Å². The van der Waals surface area contributed by atoms with E-state index in [4.69, 9.17) is 0 Å². The van der Waals surface area contributed by atoms with Crippen LogP contribution in [-0.2, 0) is 0 Å². The first-order valence-electron chi connectivity index (χ1n) is 3.85. The molecule has 0 bridgehead atoms. The number of hydrogen-bond donors (Lipinski definition) is 0. The molecule has 13 heavy (non-hydrogen) atoms. The van der Waals surface area contributed by atoms with Crippen molar-refractivity contribution in [2.75, 3.05) is 14.1 Å². The van der Waals surface area contributed by atoms with Crippen LogP contribution in [0.15, 0.2) is 29.5 Å². The van der Waals surface area contributed by atoms with Gasteiger partial charge >= 0.3 is 0 Å². The minimum Gasteiger partial charge on any atom is -0.369 e. The quantitative estimate of drug-likeness (QED) is 0.496. The predicted molar refractivity (Wildman–Crippen MR) is 50.7 cm³/mol. The first kappa shape index (κ1) is 9.38. The molecule has 1 heterocycles. The third kappa shape index (κ3) is 3.02. The molecule has 0 unspecified atom stereocenters. The number of aromatic nitrogens is 1. The van der Waals surface area contributed by atoms with E-state index in [1.807, 2.05) is 14.1 Å². The SMILES string of the molecule is CN(C)/C=N\C(=O)c1ccncc1. The van der Waals surface area contributed by atoms with E-state index in [2.05, 4.69) is 9.98 Å². The van der Waals surface area contributed by atoms with Crippen LogP contribution in [0.25, 0.3) is 0 Å². The van der Waals surface area contributed by atoms with Crippen LogP contribution < -0.4 is 0 Å². The van der Waals surface area contributed by atoms with Crippen molar-refractivity contribution >= 4 is 12.2 Å². The molecule has 4 nitrogen and oxygen atoms in total. The summed E-state index contributed by atoms with van der Waals surface area (Å²) in [5.41, 5.74) is 0.549. The molecule has 1 aromatic heterocycles. The van der Waals surface area contributed by atoms with E-state index in [1.54, 1.807) is 29.4 Å². The van der Waals surface area contributed by atoms with Crippen LogP contribution in [0, 0.1) is 0 Å². The molecule has 0 radical (unpaired) electrons. The minimum absolute atomic E-state index is 0.254. The van der Waals surface area contributed by atoms with Gasteiger partial charge in [0, 0.05) is 32.1 Å². The summed E-state index contributed by atoms with van der Waals surface area (Å²) in [6, 6.07) is 3.27. The number of amides is 1. The zero-order valence-corrected chi connectivity index (χ0v) is 7.64. The van der Waals surface area contributed by atoms with Gasteiger partial charge in [0.15, 0.2) is 0 Å². The second-order valence-corrected chi connectivity index (χ2v) is 2.75. The average molecular weight is 177 g/mol. The zero-order valence-electron chi connectivity index (χ0n) is 7.64. The molecule has 0 aromatic carbocycles. The largest absolute Gasteiger partial charge is 0.369 e. The van der Waals surface area contributed by atoms with E-state index in [0.717, 1.165) is 0 Å². The number of carbonyl (C=O) groups excluding carboxylic acids is 1. The molecular weight excluding hydrogens is 166 g/mol. The summed E-state index contributed by atoms with van der Waals surface area (Å²) in [6.45, 7) is 0. The van der Waals surface area contributed by atoms with Gasteiger partial charge in [-0.25, -0.2) is 0 Å². The van der Waals surface area contributed by atoms with Crippen molar-refractivity contribution in [3.05, 3.63) is 30.1 Å². The molecule has 68 valence electrons. The molecule has 0 fully saturated rings. The predicted octanol–water partition coefficient (Wildman–Crippen LogP) is 0.812. The summed E-state index contributed by atoms with van der Waals surface area (Å²) in [7, 11) is 3.62. The van der Waals surface area contributed by atoms with Crippen LogP contribution in [0.2, 0.25) is 0 Å². The molecule has 0 aliphatic heterocycles. The molecule has 0 saturated carbocycles. The van der Waals surface area contributed by atoms with E-state index in [0.29, 0.717) is 5.56 Å². The fourth-order valence-electron chi connectivity index (χ4n) is 0.737. The maximum absolute atomic E-state index is 11.3. The second-order valence-electron chi connectivity index (χ2n) is 2.75. The lowest BCUT2D eigenvalue weighted by Gasteiger charge is -2.01. The highest BCUT2D eigenvalue weighted by Gasteiger charge is 2.00. The van der Waals surface area contributed by atoms with Crippen molar-refractivity contribution < 1.29 is 4.79 Å². The molecular formula is C9H11N3O. The van der Waals surface area contributed by atoms with E-state index < -0.39 is 0 Å². The Kier molecular flexibility index (Phi) is 3.14.